The van der Waals surface area contributed by atoms with Gasteiger partial charge in [0.1, 0.15) is 5.82 Å². The molecule has 1 aromatic heterocycles. The number of piperazine rings is 1. The first-order chi connectivity index (χ1) is 13.7. The molecular formula is C20H25N5O3. The van der Waals surface area contributed by atoms with Crippen LogP contribution in [0.3, 0.4) is 0 Å². The summed E-state index contributed by atoms with van der Waals surface area (Å²) in [7, 11) is 0. The summed E-state index contributed by atoms with van der Waals surface area (Å²) in [5.41, 5.74) is 1.12. The molecular weight excluding hydrogens is 358 g/mol. The molecule has 2 amide bonds. The Morgan fingerprint density at radius 2 is 1.86 bits per heavy atom. The molecule has 0 radical (unpaired) electrons. The lowest BCUT2D eigenvalue weighted by molar-refractivity contribution is 0.0500. The molecule has 1 saturated heterocycles. The number of nitrogens with zero attached hydrogens (tertiary/aromatic N) is 4. The van der Waals surface area contributed by atoms with Gasteiger partial charge in [0.05, 0.1) is 18.4 Å². The van der Waals surface area contributed by atoms with Crippen molar-refractivity contribution in [2.45, 2.75) is 19.8 Å². The van der Waals surface area contributed by atoms with E-state index in [1.54, 1.807) is 47.8 Å². The summed E-state index contributed by atoms with van der Waals surface area (Å²) in [6.07, 6.45) is 6.86. The molecule has 3 rings (SSSR count). The number of anilines is 2. The molecule has 28 heavy (non-hydrogen) atoms. The van der Waals surface area contributed by atoms with Crippen molar-refractivity contribution in [3.05, 3.63) is 48.4 Å². The highest BCUT2D eigenvalue weighted by atomic mass is 16.5. The molecule has 0 aliphatic carbocycles. The Hall–Kier alpha value is -3.16. The van der Waals surface area contributed by atoms with E-state index in [-0.39, 0.29) is 12.0 Å². The standard InChI is InChI=1S/C20H25N5O3/c1-2-3-14-28-19(26)16-4-6-17(7-5-16)23-20(27)25-12-10-24(11-13-25)18-15-21-8-9-22-18/h4-9,15H,2-3,10-14H2,1H3,(H,23,27). The van der Waals surface area contributed by atoms with Crippen LogP contribution in [0.25, 0.3) is 0 Å². The van der Waals surface area contributed by atoms with Gasteiger partial charge in [0, 0.05) is 44.3 Å². The van der Waals surface area contributed by atoms with Gasteiger partial charge >= 0.3 is 12.0 Å². The van der Waals surface area contributed by atoms with Crippen LogP contribution in [-0.2, 0) is 4.74 Å². The van der Waals surface area contributed by atoms with Crippen LogP contribution >= 0.6 is 0 Å². The zero-order valence-corrected chi connectivity index (χ0v) is 16.0. The van der Waals surface area contributed by atoms with E-state index < -0.39 is 0 Å². The third-order valence-electron chi connectivity index (χ3n) is 4.54. The maximum atomic E-state index is 12.5. The molecule has 1 fully saturated rings. The van der Waals surface area contributed by atoms with E-state index in [9.17, 15) is 9.59 Å². The number of aromatic nitrogens is 2. The highest BCUT2D eigenvalue weighted by molar-refractivity contribution is 5.92. The minimum Gasteiger partial charge on any atom is -0.462 e. The number of rotatable bonds is 6. The molecule has 2 aromatic rings. The van der Waals surface area contributed by atoms with Crippen LogP contribution in [0.15, 0.2) is 42.9 Å². The highest BCUT2D eigenvalue weighted by Crippen LogP contribution is 2.14. The average molecular weight is 383 g/mol. The fourth-order valence-electron chi connectivity index (χ4n) is 2.88. The van der Waals surface area contributed by atoms with Gasteiger partial charge < -0.3 is 19.9 Å². The normalized spacial score (nSPS) is 13.9. The van der Waals surface area contributed by atoms with Crippen LogP contribution < -0.4 is 10.2 Å². The second-order valence-electron chi connectivity index (χ2n) is 6.53. The van der Waals surface area contributed by atoms with Gasteiger partial charge in [0.25, 0.3) is 0 Å². The van der Waals surface area contributed by atoms with Crippen molar-refractivity contribution in [2.24, 2.45) is 0 Å². The first-order valence-electron chi connectivity index (χ1n) is 9.51. The van der Waals surface area contributed by atoms with E-state index in [0.717, 1.165) is 18.7 Å². The van der Waals surface area contributed by atoms with E-state index in [1.807, 2.05) is 6.92 Å². The zero-order chi connectivity index (χ0) is 19.8. The van der Waals surface area contributed by atoms with Gasteiger partial charge in [-0.2, -0.15) is 0 Å². The molecule has 8 heteroatoms. The maximum Gasteiger partial charge on any atom is 0.338 e. The fourth-order valence-corrected chi connectivity index (χ4v) is 2.88. The van der Waals surface area contributed by atoms with Crippen molar-refractivity contribution in [3.63, 3.8) is 0 Å². The maximum absolute atomic E-state index is 12.5. The van der Waals surface area contributed by atoms with Crippen molar-refractivity contribution in [2.75, 3.05) is 43.0 Å². The quantitative estimate of drug-likeness (QED) is 0.610. The van der Waals surface area contributed by atoms with Gasteiger partial charge in [0.15, 0.2) is 0 Å². The number of benzene rings is 1. The minimum absolute atomic E-state index is 0.155. The number of esters is 1. The molecule has 1 aliphatic heterocycles. The Kier molecular flexibility index (Phi) is 6.78. The van der Waals surface area contributed by atoms with Gasteiger partial charge in [-0.25, -0.2) is 14.6 Å². The summed E-state index contributed by atoms with van der Waals surface area (Å²) in [5.74, 6) is 0.482. The van der Waals surface area contributed by atoms with Crippen molar-refractivity contribution >= 4 is 23.5 Å². The Labute approximate surface area is 164 Å². The number of nitrogens with one attached hydrogen (secondary N) is 1. The second-order valence-corrected chi connectivity index (χ2v) is 6.53. The number of urea groups is 1. The molecule has 1 aromatic carbocycles. The monoisotopic (exact) mass is 383 g/mol. The lowest BCUT2D eigenvalue weighted by Crippen LogP contribution is -2.50. The predicted molar refractivity (Wildman–Crippen MR) is 106 cm³/mol. The topological polar surface area (TPSA) is 87.7 Å². The molecule has 1 aliphatic rings. The second kappa shape index (κ2) is 9.68. The molecule has 0 unspecified atom stereocenters. The number of hydrogen-bond acceptors (Lipinski definition) is 6. The van der Waals surface area contributed by atoms with Crippen LogP contribution in [0.2, 0.25) is 0 Å². The first-order valence-corrected chi connectivity index (χ1v) is 9.51. The Morgan fingerprint density at radius 3 is 2.50 bits per heavy atom. The fraction of sp³-hybridized carbons (Fsp3) is 0.400. The van der Waals surface area contributed by atoms with Crippen molar-refractivity contribution in [1.29, 1.82) is 0 Å². The molecule has 0 bridgehead atoms. The van der Waals surface area contributed by atoms with Gasteiger partial charge in [-0.05, 0) is 30.7 Å². The van der Waals surface area contributed by atoms with Crippen LogP contribution in [0.1, 0.15) is 30.1 Å². The Balaban J connectivity index is 1.48. The lowest BCUT2D eigenvalue weighted by Gasteiger charge is -2.35. The summed E-state index contributed by atoms with van der Waals surface area (Å²) < 4.78 is 5.18. The minimum atomic E-state index is -0.341. The number of amides is 2. The molecule has 2 heterocycles. The number of hydrogen-bond donors (Lipinski definition) is 1. The van der Waals surface area contributed by atoms with Crippen LogP contribution in [-0.4, -0.2) is 59.7 Å². The number of carbonyl (C=O) groups excluding carboxylic acids is 2. The van der Waals surface area contributed by atoms with E-state index >= 15 is 0 Å². The third-order valence-corrected chi connectivity index (χ3v) is 4.54. The number of ether oxygens (including phenoxy) is 1. The van der Waals surface area contributed by atoms with Gasteiger partial charge in [0.2, 0.25) is 0 Å². The molecule has 0 saturated carbocycles. The van der Waals surface area contributed by atoms with Crippen molar-refractivity contribution in [1.82, 2.24) is 14.9 Å². The predicted octanol–water partition coefficient (Wildman–Crippen LogP) is 2.79. The summed E-state index contributed by atoms with van der Waals surface area (Å²) in [6.45, 7) is 5.08. The summed E-state index contributed by atoms with van der Waals surface area (Å²) in [5, 5.41) is 2.87. The highest BCUT2D eigenvalue weighted by Gasteiger charge is 2.22. The summed E-state index contributed by atoms with van der Waals surface area (Å²) in [6, 6.07) is 6.59. The molecule has 0 atom stereocenters. The number of unbranched alkanes of at least 4 members (excludes halogenated alkanes) is 1. The van der Waals surface area contributed by atoms with Crippen LogP contribution in [0.5, 0.6) is 0 Å². The van der Waals surface area contributed by atoms with Crippen LogP contribution in [0, 0.1) is 0 Å². The zero-order valence-electron chi connectivity index (χ0n) is 16.0. The Morgan fingerprint density at radius 1 is 1.11 bits per heavy atom. The van der Waals surface area contributed by atoms with Gasteiger partial charge in [-0.1, -0.05) is 13.3 Å². The average Bonchev–Trinajstić information content (AvgIpc) is 2.75. The molecule has 1 N–H and O–H groups in total. The van der Waals surface area contributed by atoms with E-state index in [4.69, 9.17) is 4.74 Å². The smallest absolute Gasteiger partial charge is 0.338 e. The molecule has 8 nitrogen and oxygen atoms in total. The lowest BCUT2D eigenvalue weighted by atomic mass is 10.2. The van der Waals surface area contributed by atoms with Gasteiger partial charge in [-0.15, -0.1) is 0 Å². The largest absolute Gasteiger partial charge is 0.462 e. The van der Waals surface area contributed by atoms with Gasteiger partial charge in [-0.3, -0.25) is 4.98 Å². The van der Waals surface area contributed by atoms with Crippen LogP contribution in [0.4, 0.5) is 16.3 Å². The third kappa shape index (κ3) is 5.18. The van der Waals surface area contributed by atoms with E-state index in [1.165, 1.54) is 0 Å². The van der Waals surface area contributed by atoms with Crippen molar-refractivity contribution in [3.8, 4) is 0 Å². The molecule has 148 valence electrons. The number of carbonyl (C=O) groups is 2. The summed E-state index contributed by atoms with van der Waals surface area (Å²) >= 11 is 0. The summed E-state index contributed by atoms with van der Waals surface area (Å²) in [4.78, 5) is 36.6. The Bertz CT molecular complexity index is 774. The van der Waals surface area contributed by atoms with E-state index in [2.05, 4.69) is 20.2 Å². The van der Waals surface area contributed by atoms with Crippen molar-refractivity contribution < 1.29 is 14.3 Å². The SMILES string of the molecule is CCCCOC(=O)c1ccc(NC(=O)N2CCN(c3cnccn3)CC2)cc1. The molecule has 0 spiro atoms. The van der Waals surface area contributed by atoms with E-state index in [0.29, 0.717) is 44.0 Å². The first kappa shape index (κ1) is 19.6.